The molecule has 1 saturated carbocycles. The highest BCUT2D eigenvalue weighted by Crippen LogP contribution is 2.32. The van der Waals surface area contributed by atoms with Crippen LogP contribution in [0.3, 0.4) is 0 Å². The SMILES string of the molecule is Fc1ccccc1C1=NCc2nnc(CNCC3CC3)n2-c2cccc(Br)c21. The van der Waals surface area contributed by atoms with Gasteiger partial charge >= 0.3 is 0 Å². The standard InChI is InChI=1S/C21H19BrFN5/c22-15-5-3-7-17-20(15)21(14-4-1-2-6-16(14)23)25-12-19-27-26-18(28(17)19)11-24-10-13-8-9-13/h1-7,13,24H,8-12H2. The lowest BCUT2D eigenvalue weighted by molar-refractivity contribution is 0.611. The summed E-state index contributed by atoms with van der Waals surface area (Å²) >= 11 is 3.65. The molecule has 1 aliphatic carbocycles. The van der Waals surface area contributed by atoms with Crippen molar-refractivity contribution in [3.8, 4) is 5.69 Å². The zero-order chi connectivity index (χ0) is 19.1. The largest absolute Gasteiger partial charge is 0.310 e. The maximum Gasteiger partial charge on any atom is 0.159 e. The van der Waals surface area contributed by atoms with Crippen molar-refractivity contribution in [3.05, 3.63) is 75.5 Å². The van der Waals surface area contributed by atoms with Crippen molar-refractivity contribution >= 4 is 21.6 Å². The molecule has 1 N–H and O–H groups in total. The fourth-order valence-corrected chi connectivity index (χ4v) is 4.14. The minimum Gasteiger partial charge on any atom is -0.310 e. The van der Waals surface area contributed by atoms with E-state index < -0.39 is 0 Å². The van der Waals surface area contributed by atoms with E-state index in [2.05, 4.69) is 36.0 Å². The minimum atomic E-state index is -0.285. The van der Waals surface area contributed by atoms with Gasteiger partial charge in [0.2, 0.25) is 0 Å². The smallest absolute Gasteiger partial charge is 0.159 e. The van der Waals surface area contributed by atoms with E-state index >= 15 is 0 Å². The van der Waals surface area contributed by atoms with Gasteiger partial charge in [0.15, 0.2) is 11.6 Å². The van der Waals surface area contributed by atoms with Crippen LogP contribution in [0.4, 0.5) is 4.39 Å². The van der Waals surface area contributed by atoms with Gasteiger partial charge in [-0.3, -0.25) is 9.56 Å². The van der Waals surface area contributed by atoms with Crippen molar-refractivity contribution in [2.45, 2.75) is 25.9 Å². The molecule has 2 heterocycles. The first-order chi connectivity index (χ1) is 13.7. The molecule has 0 unspecified atom stereocenters. The van der Waals surface area contributed by atoms with Gasteiger partial charge in [-0.15, -0.1) is 10.2 Å². The Labute approximate surface area is 170 Å². The first kappa shape index (κ1) is 17.7. The van der Waals surface area contributed by atoms with Crippen LogP contribution in [0, 0.1) is 11.7 Å². The third-order valence-corrected chi connectivity index (χ3v) is 5.85. The van der Waals surface area contributed by atoms with Gasteiger partial charge in [0.25, 0.3) is 0 Å². The summed E-state index contributed by atoms with van der Waals surface area (Å²) in [5.41, 5.74) is 2.89. The third kappa shape index (κ3) is 3.18. The topological polar surface area (TPSA) is 55.1 Å². The highest BCUT2D eigenvalue weighted by atomic mass is 79.9. The van der Waals surface area contributed by atoms with Crippen molar-refractivity contribution in [2.24, 2.45) is 10.9 Å². The van der Waals surface area contributed by atoms with Gasteiger partial charge in [0, 0.05) is 15.6 Å². The molecule has 1 fully saturated rings. The zero-order valence-corrected chi connectivity index (χ0v) is 16.8. The Morgan fingerprint density at radius 3 is 2.79 bits per heavy atom. The molecule has 2 aliphatic rings. The molecule has 5 nitrogen and oxygen atoms in total. The molecule has 0 amide bonds. The Hall–Kier alpha value is -2.38. The fourth-order valence-electron chi connectivity index (χ4n) is 3.59. The van der Waals surface area contributed by atoms with E-state index in [0.717, 1.165) is 39.8 Å². The Morgan fingerprint density at radius 2 is 1.96 bits per heavy atom. The molecule has 142 valence electrons. The van der Waals surface area contributed by atoms with E-state index in [1.807, 2.05) is 24.3 Å². The fraction of sp³-hybridized carbons (Fsp3) is 0.286. The molecule has 0 saturated heterocycles. The molecule has 0 bridgehead atoms. The first-order valence-electron chi connectivity index (χ1n) is 9.45. The lowest BCUT2D eigenvalue weighted by Crippen LogP contribution is -2.20. The Balaban J connectivity index is 1.61. The summed E-state index contributed by atoms with van der Waals surface area (Å²) in [5.74, 6) is 2.12. The number of hydrogen-bond donors (Lipinski definition) is 1. The Kier molecular flexibility index (Phi) is 4.56. The van der Waals surface area contributed by atoms with Gasteiger partial charge in [-0.1, -0.05) is 34.1 Å². The van der Waals surface area contributed by atoms with E-state index in [0.29, 0.717) is 24.4 Å². The van der Waals surface area contributed by atoms with Crippen LogP contribution in [0.15, 0.2) is 51.9 Å². The second kappa shape index (κ2) is 7.22. The van der Waals surface area contributed by atoms with E-state index in [4.69, 9.17) is 4.99 Å². The molecular formula is C21H19BrFN5. The molecule has 0 spiro atoms. The molecule has 7 heteroatoms. The summed E-state index contributed by atoms with van der Waals surface area (Å²) in [6.07, 6.45) is 2.61. The molecule has 28 heavy (non-hydrogen) atoms. The molecule has 0 radical (unpaired) electrons. The zero-order valence-electron chi connectivity index (χ0n) is 15.2. The lowest BCUT2D eigenvalue weighted by Gasteiger charge is -2.15. The second-order valence-corrected chi connectivity index (χ2v) is 8.08. The number of aromatic nitrogens is 3. The number of halogens is 2. The highest BCUT2D eigenvalue weighted by Gasteiger charge is 2.26. The van der Waals surface area contributed by atoms with Gasteiger partial charge < -0.3 is 5.32 Å². The average molecular weight is 440 g/mol. The maximum atomic E-state index is 14.6. The number of nitrogens with zero attached hydrogens (tertiary/aromatic N) is 4. The van der Waals surface area contributed by atoms with E-state index in [-0.39, 0.29) is 5.82 Å². The van der Waals surface area contributed by atoms with E-state index in [1.165, 1.54) is 18.9 Å². The van der Waals surface area contributed by atoms with Crippen LogP contribution in [0.2, 0.25) is 0 Å². The van der Waals surface area contributed by atoms with Crippen LogP contribution in [-0.2, 0) is 13.1 Å². The minimum absolute atomic E-state index is 0.285. The summed E-state index contributed by atoms with van der Waals surface area (Å²) in [4.78, 5) is 4.73. The number of aliphatic imine (C=N–C) groups is 1. The average Bonchev–Trinajstić information content (AvgIpc) is 3.46. The summed E-state index contributed by atoms with van der Waals surface area (Å²) in [6.45, 7) is 2.00. The summed E-state index contributed by atoms with van der Waals surface area (Å²) in [7, 11) is 0. The Morgan fingerprint density at radius 1 is 1.11 bits per heavy atom. The van der Waals surface area contributed by atoms with Crippen molar-refractivity contribution in [1.82, 2.24) is 20.1 Å². The van der Waals surface area contributed by atoms with Gasteiger partial charge in [-0.05, 0) is 49.6 Å². The van der Waals surface area contributed by atoms with Crippen LogP contribution in [0.25, 0.3) is 5.69 Å². The molecule has 0 atom stereocenters. The summed E-state index contributed by atoms with van der Waals surface area (Å²) in [5, 5.41) is 12.2. The normalized spacial score (nSPS) is 15.6. The maximum absolute atomic E-state index is 14.6. The molecular weight excluding hydrogens is 421 g/mol. The van der Waals surface area contributed by atoms with Crippen molar-refractivity contribution in [1.29, 1.82) is 0 Å². The van der Waals surface area contributed by atoms with Crippen molar-refractivity contribution < 1.29 is 4.39 Å². The lowest BCUT2D eigenvalue weighted by atomic mass is 10.00. The van der Waals surface area contributed by atoms with Crippen LogP contribution in [0.5, 0.6) is 0 Å². The summed E-state index contributed by atoms with van der Waals surface area (Å²) in [6, 6.07) is 12.7. The third-order valence-electron chi connectivity index (χ3n) is 5.19. The monoisotopic (exact) mass is 439 g/mol. The van der Waals surface area contributed by atoms with Gasteiger partial charge in [-0.25, -0.2) is 4.39 Å². The van der Waals surface area contributed by atoms with E-state index in [1.54, 1.807) is 12.1 Å². The van der Waals surface area contributed by atoms with Gasteiger partial charge in [-0.2, -0.15) is 0 Å². The predicted molar refractivity (Wildman–Crippen MR) is 109 cm³/mol. The molecule has 2 aromatic carbocycles. The first-order valence-corrected chi connectivity index (χ1v) is 10.2. The van der Waals surface area contributed by atoms with Crippen molar-refractivity contribution in [3.63, 3.8) is 0 Å². The molecule has 5 rings (SSSR count). The van der Waals surface area contributed by atoms with Crippen molar-refractivity contribution in [2.75, 3.05) is 6.54 Å². The van der Waals surface area contributed by atoms with E-state index in [9.17, 15) is 4.39 Å². The van der Waals surface area contributed by atoms with Crippen LogP contribution in [0.1, 0.15) is 35.6 Å². The second-order valence-electron chi connectivity index (χ2n) is 7.22. The van der Waals surface area contributed by atoms with Gasteiger partial charge in [0.1, 0.15) is 12.4 Å². The van der Waals surface area contributed by atoms with Crippen LogP contribution >= 0.6 is 15.9 Å². The number of fused-ring (bicyclic) bond motifs is 3. The molecule has 1 aromatic heterocycles. The van der Waals surface area contributed by atoms with Crippen LogP contribution in [-0.4, -0.2) is 27.0 Å². The quantitative estimate of drug-likeness (QED) is 0.652. The summed E-state index contributed by atoms with van der Waals surface area (Å²) < 4.78 is 17.5. The predicted octanol–water partition coefficient (Wildman–Crippen LogP) is 4.02. The number of nitrogens with one attached hydrogen (secondary N) is 1. The van der Waals surface area contributed by atoms with Gasteiger partial charge in [0.05, 0.1) is 17.9 Å². The molecule has 1 aliphatic heterocycles. The molecule has 3 aromatic rings. The highest BCUT2D eigenvalue weighted by molar-refractivity contribution is 9.10. The number of hydrogen-bond acceptors (Lipinski definition) is 4. The Bertz CT molecular complexity index is 1070. The number of benzene rings is 2. The number of rotatable bonds is 5. The van der Waals surface area contributed by atoms with Crippen LogP contribution < -0.4 is 5.32 Å².